The molecule has 0 aliphatic heterocycles. The Morgan fingerprint density at radius 2 is 2.05 bits per heavy atom. The molecule has 19 heavy (non-hydrogen) atoms. The Bertz CT molecular complexity index is 471. The largest absolute Gasteiger partial charge is 0.326 e. The molecule has 0 unspecified atom stereocenters. The second kappa shape index (κ2) is 7.96. The summed E-state index contributed by atoms with van der Waals surface area (Å²) in [6, 6.07) is 3.37. The Morgan fingerprint density at radius 1 is 1.32 bits per heavy atom. The fourth-order valence-electron chi connectivity index (χ4n) is 1.77. The van der Waals surface area contributed by atoms with E-state index in [2.05, 4.69) is 23.5 Å². The van der Waals surface area contributed by atoms with Crippen LogP contribution in [0.3, 0.4) is 0 Å². The molecule has 0 aliphatic rings. The summed E-state index contributed by atoms with van der Waals surface area (Å²) in [4.78, 5) is 3.10. The lowest BCUT2D eigenvalue weighted by Crippen LogP contribution is -2.35. The van der Waals surface area contributed by atoms with Gasteiger partial charge in [-0.1, -0.05) is 13.8 Å². The van der Waals surface area contributed by atoms with Gasteiger partial charge in [0.25, 0.3) is 0 Å². The van der Waals surface area contributed by atoms with Crippen LogP contribution in [0.4, 0.5) is 0 Å². The minimum absolute atomic E-state index is 0.339. The molecular weight excluding hydrogens is 282 g/mol. The molecule has 3 N–H and O–H groups in total. The number of hydrogen-bond donors (Lipinski definition) is 2. The first-order valence-corrected chi connectivity index (χ1v) is 8.84. The fourth-order valence-corrected chi connectivity index (χ4v) is 4.07. The molecule has 110 valence electrons. The number of nitrogens with two attached hydrogens (primary N) is 1. The normalized spacial score (nSPS) is 12.2. The van der Waals surface area contributed by atoms with Gasteiger partial charge in [0.1, 0.15) is 4.21 Å². The van der Waals surface area contributed by atoms with Gasteiger partial charge >= 0.3 is 0 Å². The average Bonchev–Trinajstić information content (AvgIpc) is 2.87. The van der Waals surface area contributed by atoms with Crippen molar-refractivity contribution >= 4 is 21.4 Å². The van der Waals surface area contributed by atoms with Crippen molar-refractivity contribution in [2.45, 2.75) is 31.0 Å². The smallest absolute Gasteiger partial charge is 0.250 e. The van der Waals surface area contributed by atoms with Crippen LogP contribution in [-0.4, -0.2) is 39.5 Å². The lowest BCUT2D eigenvalue weighted by Gasteiger charge is -2.19. The predicted octanol–water partition coefficient (Wildman–Crippen LogP) is 1.22. The molecule has 7 heteroatoms. The third-order valence-corrected chi connectivity index (χ3v) is 5.87. The molecule has 1 aromatic heterocycles. The quantitative estimate of drug-likeness (QED) is 0.719. The Balaban J connectivity index is 2.51. The van der Waals surface area contributed by atoms with E-state index >= 15 is 0 Å². The van der Waals surface area contributed by atoms with Gasteiger partial charge in [0.05, 0.1) is 0 Å². The molecule has 0 saturated carbocycles. The van der Waals surface area contributed by atoms with Gasteiger partial charge in [0.2, 0.25) is 10.0 Å². The summed E-state index contributed by atoms with van der Waals surface area (Å²) < 4.78 is 27.0. The number of thiophene rings is 1. The minimum Gasteiger partial charge on any atom is -0.326 e. The maximum absolute atomic E-state index is 12.0. The summed E-state index contributed by atoms with van der Waals surface area (Å²) in [7, 11) is -3.38. The highest BCUT2D eigenvalue weighted by Crippen LogP contribution is 2.20. The van der Waals surface area contributed by atoms with Crippen LogP contribution >= 0.6 is 11.3 Å². The number of rotatable bonds is 9. The summed E-state index contributed by atoms with van der Waals surface area (Å²) >= 11 is 1.23. The van der Waals surface area contributed by atoms with Crippen molar-refractivity contribution in [2.75, 3.05) is 26.2 Å². The highest BCUT2D eigenvalue weighted by atomic mass is 32.2. The maximum Gasteiger partial charge on any atom is 0.250 e. The van der Waals surface area contributed by atoms with E-state index in [1.165, 1.54) is 11.3 Å². The monoisotopic (exact) mass is 305 g/mol. The summed E-state index contributed by atoms with van der Waals surface area (Å²) in [6.07, 6.45) is 1.07. The van der Waals surface area contributed by atoms with Crippen molar-refractivity contribution in [1.82, 2.24) is 9.62 Å². The molecule has 0 bridgehead atoms. The molecular formula is C12H23N3O2S2. The predicted molar refractivity (Wildman–Crippen MR) is 79.8 cm³/mol. The molecule has 0 amide bonds. The van der Waals surface area contributed by atoms with Gasteiger partial charge < -0.3 is 10.6 Å². The Hall–Kier alpha value is -0.470. The zero-order chi connectivity index (χ0) is 14.3. The Labute approximate surface area is 119 Å². The average molecular weight is 305 g/mol. The van der Waals surface area contributed by atoms with Crippen LogP contribution < -0.4 is 10.5 Å². The molecule has 0 atom stereocenters. The van der Waals surface area contributed by atoms with E-state index in [4.69, 9.17) is 5.73 Å². The van der Waals surface area contributed by atoms with Crippen LogP contribution in [0.2, 0.25) is 0 Å². The Morgan fingerprint density at radius 3 is 2.58 bits per heavy atom. The van der Waals surface area contributed by atoms with E-state index in [-0.39, 0.29) is 0 Å². The van der Waals surface area contributed by atoms with Gasteiger partial charge in [-0.05, 0) is 31.6 Å². The van der Waals surface area contributed by atoms with Crippen LogP contribution in [0.25, 0.3) is 0 Å². The van der Waals surface area contributed by atoms with E-state index in [0.717, 1.165) is 30.9 Å². The first-order chi connectivity index (χ1) is 9.03. The minimum atomic E-state index is -3.38. The van der Waals surface area contributed by atoms with Crippen LogP contribution in [0.1, 0.15) is 25.1 Å². The van der Waals surface area contributed by atoms with Crippen molar-refractivity contribution < 1.29 is 8.42 Å². The molecule has 0 aliphatic carbocycles. The number of nitrogens with one attached hydrogen (secondary N) is 1. The van der Waals surface area contributed by atoms with Crippen molar-refractivity contribution in [3.8, 4) is 0 Å². The number of likely N-dealkylation sites (N-methyl/N-ethyl adjacent to an activating group) is 1. The van der Waals surface area contributed by atoms with Gasteiger partial charge in [-0.25, -0.2) is 13.1 Å². The maximum atomic E-state index is 12.0. The second-order valence-electron chi connectivity index (χ2n) is 4.26. The summed E-state index contributed by atoms with van der Waals surface area (Å²) in [5, 5.41) is 0. The van der Waals surface area contributed by atoms with Crippen molar-refractivity contribution in [3.63, 3.8) is 0 Å². The molecule has 0 radical (unpaired) electrons. The van der Waals surface area contributed by atoms with E-state index in [1.807, 2.05) is 0 Å². The Kier molecular flexibility index (Phi) is 6.95. The summed E-state index contributed by atoms with van der Waals surface area (Å²) in [6.45, 7) is 7.68. The molecule has 0 saturated heterocycles. The van der Waals surface area contributed by atoms with Crippen LogP contribution in [0, 0.1) is 0 Å². The van der Waals surface area contributed by atoms with Gasteiger partial charge in [0.15, 0.2) is 0 Å². The topological polar surface area (TPSA) is 75.4 Å². The van der Waals surface area contributed by atoms with Crippen molar-refractivity contribution in [1.29, 1.82) is 0 Å². The molecule has 1 rings (SSSR count). The number of nitrogens with zero attached hydrogens (tertiary/aromatic N) is 1. The molecule has 0 aromatic carbocycles. The van der Waals surface area contributed by atoms with E-state index < -0.39 is 10.0 Å². The van der Waals surface area contributed by atoms with Gasteiger partial charge in [-0.15, -0.1) is 11.3 Å². The molecule has 1 heterocycles. The molecule has 0 fully saturated rings. The lowest BCUT2D eigenvalue weighted by atomic mass is 10.4. The third kappa shape index (κ3) is 5.19. The van der Waals surface area contributed by atoms with Crippen molar-refractivity contribution in [3.05, 3.63) is 17.0 Å². The number of hydrogen-bond acceptors (Lipinski definition) is 5. The lowest BCUT2D eigenvalue weighted by molar-refractivity contribution is 0.293. The number of sulfonamides is 1. The van der Waals surface area contributed by atoms with E-state index in [1.54, 1.807) is 12.1 Å². The molecule has 5 nitrogen and oxygen atoms in total. The standard InChI is InChI=1S/C12H23N3O2S2/c1-3-8-15(4-2)9-7-14-19(16,17)12-6-5-11(10-13)18-12/h5-6,14H,3-4,7-10,13H2,1-2H3. The van der Waals surface area contributed by atoms with Gasteiger partial charge in [0, 0.05) is 24.5 Å². The van der Waals surface area contributed by atoms with Crippen molar-refractivity contribution in [2.24, 2.45) is 5.73 Å². The zero-order valence-electron chi connectivity index (χ0n) is 11.6. The van der Waals surface area contributed by atoms with E-state index in [9.17, 15) is 8.42 Å². The third-order valence-electron chi connectivity index (χ3n) is 2.81. The highest BCUT2D eigenvalue weighted by molar-refractivity contribution is 7.91. The van der Waals surface area contributed by atoms with Crippen LogP contribution in [0.5, 0.6) is 0 Å². The molecule has 0 spiro atoms. The fraction of sp³-hybridized carbons (Fsp3) is 0.667. The van der Waals surface area contributed by atoms with Crippen LogP contribution in [-0.2, 0) is 16.6 Å². The zero-order valence-corrected chi connectivity index (χ0v) is 13.2. The first kappa shape index (κ1) is 16.6. The highest BCUT2D eigenvalue weighted by Gasteiger charge is 2.16. The van der Waals surface area contributed by atoms with Gasteiger partial charge in [-0.2, -0.15) is 0 Å². The van der Waals surface area contributed by atoms with Gasteiger partial charge in [-0.3, -0.25) is 0 Å². The van der Waals surface area contributed by atoms with E-state index in [0.29, 0.717) is 17.3 Å². The first-order valence-electron chi connectivity index (χ1n) is 6.54. The second-order valence-corrected chi connectivity index (χ2v) is 7.42. The van der Waals surface area contributed by atoms with Crippen LogP contribution in [0.15, 0.2) is 16.3 Å². The SMILES string of the molecule is CCCN(CC)CCNS(=O)(=O)c1ccc(CN)s1. The molecule has 1 aromatic rings. The summed E-state index contributed by atoms with van der Waals surface area (Å²) in [5.74, 6) is 0. The summed E-state index contributed by atoms with van der Waals surface area (Å²) in [5.41, 5.74) is 5.49.